The van der Waals surface area contributed by atoms with Crippen molar-refractivity contribution in [3.05, 3.63) is 12.3 Å². The molecule has 9 heavy (non-hydrogen) atoms. The molecule has 0 saturated heterocycles. The van der Waals surface area contributed by atoms with Crippen LogP contribution in [0.2, 0.25) is 0 Å². The molecule has 0 rings (SSSR count). The van der Waals surface area contributed by atoms with Gasteiger partial charge in [-0.15, -0.1) is 0 Å². The minimum absolute atomic E-state index is 0. The third kappa shape index (κ3) is 210. The van der Waals surface area contributed by atoms with Crippen molar-refractivity contribution in [3.63, 3.8) is 0 Å². The van der Waals surface area contributed by atoms with Gasteiger partial charge in [-0.3, -0.25) is 8.42 Å². The van der Waals surface area contributed by atoms with Gasteiger partial charge in [0.25, 0.3) is 0 Å². The molecule has 0 heterocycles. The number of hydrogen-bond acceptors (Lipinski definition) is 4. The molecule has 0 bridgehead atoms. The summed E-state index contributed by atoms with van der Waals surface area (Å²) in [6.45, 7) is 0. The fraction of sp³-hybridized carbons (Fsp3) is 0. The average molecular weight is 353 g/mol. The van der Waals surface area contributed by atoms with Crippen LogP contribution in [-0.4, -0.2) is 17.5 Å². The van der Waals surface area contributed by atoms with Crippen molar-refractivity contribution in [1.29, 1.82) is 0 Å². The molecular formula is H4Cd2N2O4S. The summed E-state index contributed by atoms with van der Waals surface area (Å²) < 4.78 is 34.1. The van der Waals surface area contributed by atoms with Gasteiger partial charge in [-0.2, -0.15) is 0 Å². The molecule has 9 heteroatoms. The predicted molar refractivity (Wildman–Crippen MR) is 21.0 cm³/mol. The zero-order valence-corrected chi connectivity index (χ0v) is 13.5. The molecule has 0 spiro atoms. The first-order valence-electron chi connectivity index (χ1n) is 0.667. The summed E-state index contributed by atoms with van der Waals surface area (Å²) >= 11 is 0. The molecule has 0 aromatic rings. The fourth-order valence-electron chi connectivity index (χ4n) is 0. The molecule has 0 unspecified atom stereocenters. The van der Waals surface area contributed by atoms with E-state index in [9.17, 15) is 0 Å². The number of rotatable bonds is 0. The van der Waals surface area contributed by atoms with Crippen molar-refractivity contribution >= 4 is 10.4 Å². The van der Waals surface area contributed by atoms with E-state index in [0.717, 1.165) is 0 Å². The molecule has 0 fully saturated rings. The second kappa shape index (κ2) is 12.3. The van der Waals surface area contributed by atoms with E-state index in [1.165, 1.54) is 0 Å². The van der Waals surface area contributed by atoms with Crippen LogP contribution in [0.1, 0.15) is 0 Å². The van der Waals surface area contributed by atoms with Crippen LogP contribution in [0.5, 0.6) is 0 Å². The molecule has 0 aromatic carbocycles. The minimum Gasteiger partial charge on any atom is -0.759 e. The third-order valence-corrected chi connectivity index (χ3v) is 0. The Morgan fingerprint density at radius 2 is 0.889 bits per heavy atom. The molecule has 0 aliphatic carbocycles. The Balaban J connectivity index is -0.0000000133. The van der Waals surface area contributed by atoms with Gasteiger partial charge in [-0.05, 0) is 0 Å². The zero-order valence-electron chi connectivity index (χ0n) is 4.61. The van der Waals surface area contributed by atoms with E-state index in [4.69, 9.17) is 17.5 Å². The topological polar surface area (TPSA) is 147 Å². The second-order valence-electron chi connectivity index (χ2n) is 0.408. The molecule has 0 saturated carbocycles. The predicted octanol–water partition coefficient (Wildman–Crippen LogP) is 0.0912. The van der Waals surface area contributed by atoms with E-state index < -0.39 is 10.4 Å². The summed E-state index contributed by atoms with van der Waals surface area (Å²) in [6.07, 6.45) is 0. The minimum atomic E-state index is -5.17. The van der Waals surface area contributed by atoms with Crippen LogP contribution in [0.3, 0.4) is 0 Å². The van der Waals surface area contributed by atoms with E-state index in [-0.39, 0.29) is 66.9 Å². The first kappa shape index (κ1) is 31.1. The molecule has 48 valence electrons. The van der Waals surface area contributed by atoms with Crippen LogP contribution in [0.4, 0.5) is 0 Å². The monoisotopic (exact) mass is 356 g/mol. The maximum Gasteiger partial charge on any atom is 2.00 e. The Bertz CT molecular complexity index is 99.7. The summed E-state index contributed by atoms with van der Waals surface area (Å²) in [5, 5.41) is 0. The van der Waals surface area contributed by atoms with Crippen LogP contribution >= 0.6 is 0 Å². The van der Waals surface area contributed by atoms with E-state index in [1.807, 2.05) is 0 Å². The van der Waals surface area contributed by atoms with Crippen molar-refractivity contribution < 1.29 is 72.1 Å². The molecule has 0 aromatic heterocycles. The average Bonchev–Trinajstić information content (AvgIpc) is 0.722. The molecule has 6 nitrogen and oxygen atoms in total. The van der Waals surface area contributed by atoms with Gasteiger partial charge in [-0.1, -0.05) is 0 Å². The zero-order chi connectivity index (χ0) is 4.50. The van der Waals surface area contributed by atoms with Gasteiger partial charge in [0, 0.05) is 10.4 Å². The van der Waals surface area contributed by atoms with Crippen LogP contribution in [0.15, 0.2) is 0 Å². The molecule has 4 N–H and O–H groups in total. The van der Waals surface area contributed by atoms with Crippen molar-refractivity contribution in [2.75, 3.05) is 0 Å². The van der Waals surface area contributed by atoms with Crippen LogP contribution in [-0.2, 0) is 65.0 Å². The Hall–Kier alpha value is 1.63. The van der Waals surface area contributed by atoms with Crippen molar-refractivity contribution in [2.24, 2.45) is 0 Å². The van der Waals surface area contributed by atoms with Gasteiger partial charge >= 0.3 is 54.6 Å². The first-order chi connectivity index (χ1) is 2.00. The standard InChI is InChI=1S/2Cd.2H2N.H2O4S/c;;;;1-5(2,3)4/h;;2*1H2;(H2,1,2,3,4)/q2*+2;2*-1;/p-2. The molecular weight excluding hydrogens is 349 g/mol. The van der Waals surface area contributed by atoms with Gasteiger partial charge in [0.1, 0.15) is 0 Å². The molecule has 0 aliphatic heterocycles. The van der Waals surface area contributed by atoms with Crippen LogP contribution in [0, 0.1) is 0 Å². The van der Waals surface area contributed by atoms with Crippen LogP contribution < -0.4 is 0 Å². The van der Waals surface area contributed by atoms with Gasteiger partial charge in [0.15, 0.2) is 0 Å². The smallest absolute Gasteiger partial charge is 0.759 e. The van der Waals surface area contributed by atoms with Crippen LogP contribution in [0.25, 0.3) is 12.3 Å². The Morgan fingerprint density at radius 3 is 0.889 bits per heavy atom. The Labute approximate surface area is 93.8 Å². The number of hydrogen-bond donors (Lipinski definition) is 0. The maximum atomic E-state index is 8.52. The Kier molecular flexibility index (Phi) is 42.6. The van der Waals surface area contributed by atoms with E-state index in [1.54, 1.807) is 0 Å². The van der Waals surface area contributed by atoms with Gasteiger partial charge in [-0.25, -0.2) is 0 Å². The maximum absolute atomic E-state index is 8.52. The fourth-order valence-corrected chi connectivity index (χ4v) is 0. The summed E-state index contributed by atoms with van der Waals surface area (Å²) in [6, 6.07) is 0. The number of nitrogens with two attached hydrogens (primary N) is 2. The molecule has 0 radical (unpaired) electrons. The summed E-state index contributed by atoms with van der Waals surface area (Å²) in [7, 11) is -5.17. The summed E-state index contributed by atoms with van der Waals surface area (Å²) in [5.74, 6) is 0. The SMILES string of the molecule is O=S(=O)([O-])[O-].[Cd+2].[Cd+2].[NH2-].[NH2-]. The Morgan fingerprint density at radius 1 is 0.889 bits per heavy atom. The van der Waals surface area contributed by atoms with Gasteiger partial charge in [0.05, 0.1) is 0 Å². The largest absolute Gasteiger partial charge is 2.00 e. The van der Waals surface area contributed by atoms with Gasteiger partial charge in [0.2, 0.25) is 0 Å². The second-order valence-corrected chi connectivity index (χ2v) is 1.22. The van der Waals surface area contributed by atoms with Crippen molar-refractivity contribution in [3.8, 4) is 0 Å². The third-order valence-electron chi connectivity index (χ3n) is 0. The van der Waals surface area contributed by atoms with Crippen molar-refractivity contribution in [1.82, 2.24) is 0 Å². The van der Waals surface area contributed by atoms with E-state index in [2.05, 4.69) is 0 Å². The summed E-state index contributed by atoms with van der Waals surface area (Å²) in [5.41, 5.74) is 0. The first-order valence-corrected chi connectivity index (χ1v) is 2.00. The quantitative estimate of drug-likeness (QED) is 0.345. The molecule has 0 atom stereocenters. The van der Waals surface area contributed by atoms with Gasteiger partial charge < -0.3 is 21.4 Å². The normalized spacial score (nSPS) is 6.44. The molecule has 0 amide bonds. The molecule has 0 aliphatic rings. The van der Waals surface area contributed by atoms with Crippen molar-refractivity contribution in [2.45, 2.75) is 0 Å². The summed E-state index contributed by atoms with van der Waals surface area (Å²) in [4.78, 5) is 0. The van der Waals surface area contributed by atoms with E-state index in [0.29, 0.717) is 0 Å². The van der Waals surface area contributed by atoms with E-state index >= 15 is 0 Å².